The minimum absolute atomic E-state index is 0.166. The molecule has 9 heteroatoms. The van der Waals surface area contributed by atoms with E-state index in [0.29, 0.717) is 28.4 Å². The topological polar surface area (TPSA) is 114 Å². The Balaban J connectivity index is 1.40. The Kier molecular flexibility index (Phi) is 6.40. The second-order valence-corrected chi connectivity index (χ2v) is 6.92. The number of piperidine rings is 1. The van der Waals surface area contributed by atoms with E-state index in [0.717, 1.165) is 25.9 Å². The summed E-state index contributed by atoms with van der Waals surface area (Å²) in [6.07, 6.45) is 8.42. The molecule has 0 unspecified atom stereocenters. The summed E-state index contributed by atoms with van der Waals surface area (Å²) in [5, 5.41) is 12.8. The SMILES string of the molecule is COc1cncc(C#Cc2c[nH]nc2C(=O)Nc2ccc(OC3CCNCC3)nc2)c1. The highest BCUT2D eigenvalue weighted by Crippen LogP contribution is 2.17. The highest BCUT2D eigenvalue weighted by molar-refractivity contribution is 6.04. The number of aromatic nitrogens is 4. The predicted octanol–water partition coefficient (Wildman–Crippen LogP) is 1.99. The Morgan fingerprint density at radius 3 is 2.84 bits per heavy atom. The first-order chi connectivity index (χ1) is 15.2. The van der Waals surface area contributed by atoms with E-state index < -0.39 is 0 Å². The molecule has 1 fully saturated rings. The summed E-state index contributed by atoms with van der Waals surface area (Å²) in [6.45, 7) is 1.89. The molecule has 4 rings (SSSR count). The summed E-state index contributed by atoms with van der Waals surface area (Å²) < 4.78 is 11.0. The molecule has 1 amide bonds. The van der Waals surface area contributed by atoms with E-state index in [1.807, 2.05) is 0 Å². The van der Waals surface area contributed by atoms with Crippen LogP contribution in [0.4, 0.5) is 5.69 Å². The van der Waals surface area contributed by atoms with Crippen LogP contribution in [-0.2, 0) is 0 Å². The van der Waals surface area contributed by atoms with E-state index in [1.54, 1.807) is 50.1 Å². The molecule has 9 nitrogen and oxygen atoms in total. The normalized spacial score (nSPS) is 13.7. The Hall–Kier alpha value is -3.90. The van der Waals surface area contributed by atoms with Gasteiger partial charge in [0.05, 0.1) is 30.8 Å². The average Bonchev–Trinajstić information content (AvgIpc) is 3.29. The van der Waals surface area contributed by atoms with Gasteiger partial charge in [-0.05, 0) is 38.1 Å². The van der Waals surface area contributed by atoms with Gasteiger partial charge in [-0.15, -0.1) is 0 Å². The van der Waals surface area contributed by atoms with E-state index in [-0.39, 0.29) is 17.7 Å². The lowest BCUT2D eigenvalue weighted by molar-refractivity contribution is 0.102. The second-order valence-electron chi connectivity index (χ2n) is 6.92. The van der Waals surface area contributed by atoms with Crippen LogP contribution < -0.4 is 20.1 Å². The van der Waals surface area contributed by atoms with Crippen LogP contribution in [0.2, 0.25) is 0 Å². The summed E-state index contributed by atoms with van der Waals surface area (Å²) in [6, 6.07) is 5.26. The van der Waals surface area contributed by atoms with Gasteiger partial charge in [0.25, 0.3) is 5.91 Å². The van der Waals surface area contributed by atoms with Crippen molar-refractivity contribution >= 4 is 11.6 Å². The first kappa shape index (κ1) is 20.4. The quantitative estimate of drug-likeness (QED) is 0.543. The molecule has 158 valence electrons. The minimum atomic E-state index is -0.386. The van der Waals surface area contributed by atoms with Crippen molar-refractivity contribution in [3.05, 3.63) is 59.8 Å². The lowest BCUT2D eigenvalue weighted by atomic mass is 10.1. The van der Waals surface area contributed by atoms with Gasteiger partial charge in [-0.3, -0.25) is 14.9 Å². The number of ether oxygens (including phenoxy) is 2. The molecule has 4 heterocycles. The van der Waals surface area contributed by atoms with Gasteiger partial charge in [0.1, 0.15) is 11.9 Å². The Bertz CT molecular complexity index is 1090. The number of anilines is 1. The van der Waals surface area contributed by atoms with Crippen LogP contribution in [0.5, 0.6) is 11.6 Å². The number of carbonyl (C=O) groups is 1. The summed E-state index contributed by atoms with van der Waals surface area (Å²) in [4.78, 5) is 21.0. The molecule has 3 aromatic heterocycles. The smallest absolute Gasteiger partial charge is 0.277 e. The molecule has 1 aliphatic rings. The van der Waals surface area contributed by atoms with E-state index in [1.165, 1.54) is 0 Å². The van der Waals surface area contributed by atoms with Gasteiger partial charge in [0.2, 0.25) is 5.88 Å². The number of hydrogen-bond donors (Lipinski definition) is 3. The van der Waals surface area contributed by atoms with Gasteiger partial charge in [-0.2, -0.15) is 5.10 Å². The molecular formula is C22H22N6O3. The van der Waals surface area contributed by atoms with Crippen LogP contribution >= 0.6 is 0 Å². The fraction of sp³-hybridized carbons (Fsp3) is 0.273. The number of H-pyrrole nitrogens is 1. The number of hydrogen-bond acceptors (Lipinski definition) is 7. The van der Waals surface area contributed by atoms with E-state index in [9.17, 15) is 4.79 Å². The van der Waals surface area contributed by atoms with Gasteiger partial charge in [0, 0.05) is 24.0 Å². The fourth-order valence-electron chi connectivity index (χ4n) is 3.09. The highest BCUT2D eigenvalue weighted by atomic mass is 16.5. The van der Waals surface area contributed by atoms with Crippen molar-refractivity contribution < 1.29 is 14.3 Å². The molecule has 31 heavy (non-hydrogen) atoms. The summed E-state index contributed by atoms with van der Waals surface area (Å²) in [7, 11) is 1.56. The number of amides is 1. The Labute approximate surface area is 179 Å². The molecule has 0 aliphatic carbocycles. The van der Waals surface area contributed by atoms with E-state index in [2.05, 4.69) is 42.6 Å². The molecule has 0 aromatic carbocycles. The molecule has 0 saturated carbocycles. The maximum Gasteiger partial charge on any atom is 0.277 e. The summed E-state index contributed by atoms with van der Waals surface area (Å²) >= 11 is 0. The molecule has 0 radical (unpaired) electrons. The number of aromatic amines is 1. The predicted molar refractivity (Wildman–Crippen MR) is 114 cm³/mol. The molecule has 1 saturated heterocycles. The maximum absolute atomic E-state index is 12.6. The molecule has 0 bridgehead atoms. The minimum Gasteiger partial charge on any atom is -0.495 e. The summed E-state index contributed by atoms with van der Waals surface area (Å²) in [5.41, 5.74) is 1.87. The van der Waals surface area contributed by atoms with Gasteiger partial charge in [-0.25, -0.2) is 4.98 Å². The zero-order valence-corrected chi connectivity index (χ0v) is 17.0. The maximum atomic E-state index is 12.6. The van der Waals surface area contributed by atoms with Crippen LogP contribution in [0, 0.1) is 11.8 Å². The third-order valence-corrected chi connectivity index (χ3v) is 4.71. The van der Waals surface area contributed by atoms with Crippen molar-refractivity contribution in [1.82, 2.24) is 25.5 Å². The van der Waals surface area contributed by atoms with Crippen molar-refractivity contribution in [3.8, 4) is 23.5 Å². The second kappa shape index (κ2) is 9.73. The molecule has 3 N–H and O–H groups in total. The molecule has 0 atom stereocenters. The van der Waals surface area contributed by atoms with Crippen LogP contribution in [-0.4, -0.2) is 52.4 Å². The molecular weight excluding hydrogens is 396 g/mol. The van der Waals surface area contributed by atoms with Gasteiger partial charge in [-0.1, -0.05) is 11.8 Å². The van der Waals surface area contributed by atoms with Crippen molar-refractivity contribution in [2.45, 2.75) is 18.9 Å². The summed E-state index contributed by atoms with van der Waals surface area (Å²) in [5.74, 6) is 6.67. The zero-order valence-electron chi connectivity index (χ0n) is 17.0. The van der Waals surface area contributed by atoms with Gasteiger partial charge < -0.3 is 20.1 Å². The lowest BCUT2D eigenvalue weighted by Crippen LogP contribution is -2.34. The molecule has 1 aliphatic heterocycles. The van der Waals surface area contributed by atoms with E-state index >= 15 is 0 Å². The zero-order chi connectivity index (χ0) is 21.5. The van der Waals surface area contributed by atoms with Crippen LogP contribution in [0.15, 0.2) is 43.0 Å². The van der Waals surface area contributed by atoms with Crippen LogP contribution in [0.1, 0.15) is 34.5 Å². The standard InChI is InChI=1S/C22H22N6O3/c1-30-19-10-15(11-24-14-19)2-3-16-12-26-28-21(16)22(29)27-17-4-5-20(25-13-17)31-18-6-8-23-9-7-18/h4-5,10-14,18,23H,6-9H2,1H3,(H,26,28)(H,27,29). The average molecular weight is 418 g/mol. The number of nitrogens with zero attached hydrogens (tertiary/aromatic N) is 3. The number of pyridine rings is 2. The lowest BCUT2D eigenvalue weighted by Gasteiger charge is -2.23. The third-order valence-electron chi connectivity index (χ3n) is 4.71. The van der Waals surface area contributed by atoms with Crippen molar-refractivity contribution in [2.24, 2.45) is 0 Å². The monoisotopic (exact) mass is 418 g/mol. The first-order valence-corrected chi connectivity index (χ1v) is 9.91. The molecule has 3 aromatic rings. The van der Waals surface area contributed by atoms with Crippen molar-refractivity contribution in [1.29, 1.82) is 0 Å². The van der Waals surface area contributed by atoms with Crippen molar-refractivity contribution in [3.63, 3.8) is 0 Å². The third kappa shape index (κ3) is 5.38. The largest absolute Gasteiger partial charge is 0.495 e. The van der Waals surface area contributed by atoms with Crippen LogP contribution in [0.3, 0.4) is 0 Å². The van der Waals surface area contributed by atoms with Gasteiger partial charge >= 0.3 is 0 Å². The molecule has 0 spiro atoms. The van der Waals surface area contributed by atoms with E-state index in [4.69, 9.17) is 9.47 Å². The number of rotatable bonds is 5. The first-order valence-electron chi connectivity index (χ1n) is 9.91. The highest BCUT2D eigenvalue weighted by Gasteiger charge is 2.16. The Morgan fingerprint density at radius 2 is 2.06 bits per heavy atom. The number of carbonyl (C=O) groups excluding carboxylic acids is 1. The van der Waals surface area contributed by atoms with Crippen LogP contribution in [0.25, 0.3) is 0 Å². The fourth-order valence-corrected chi connectivity index (χ4v) is 3.09. The number of nitrogens with one attached hydrogen (secondary N) is 3. The number of methoxy groups -OCH3 is 1. The Morgan fingerprint density at radius 1 is 1.19 bits per heavy atom. The van der Waals surface area contributed by atoms with Gasteiger partial charge in [0.15, 0.2) is 5.69 Å². The van der Waals surface area contributed by atoms with Crippen molar-refractivity contribution in [2.75, 3.05) is 25.5 Å².